The largest absolute Gasteiger partial charge is 0.380 e. The van der Waals surface area contributed by atoms with Crippen molar-refractivity contribution in [2.45, 2.75) is 25.8 Å². The molecule has 15 heavy (non-hydrogen) atoms. The molecule has 2 heterocycles. The molecule has 1 saturated heterocycles. The zero-order chi connectivity index (χ0) is 10.5. The van der Waals surface area contributed by atoms with Crippen LogP contribution in [-0.2, 0) is 4.74 Å². The number of aromatic nitrogens is 3. The predicted octanol–water partition coefficient (Wildman–Crippen LogP) is 0.832. The van der Waals surface area contributed by atoms with Gasteiger partial charge in [-0.15, -0.1) is 5.10 Å². The maximum atomic E-state index is 11.0. The van der Waals surface area contributed by atoms with Gasteiger partial charge in [-0.2, -0.15) is 0 Å². The fraction of sp³-hybridized carbons (Fsp3) is 0.700. The molecule has 5 heteroatoms. The van der Waals surface area contributed by atoms with Gasteiger partial charge in [-0.1, -0.05) is 0 Å². The Morgan fingerprint density at radius 2 is 2.33 bits per heavy atom. The smallest absolute Gasteiger partial charge is 0.216 e. The second-order valence-corrected chi connectivity index (χ2v) is 4.66. The van der Waals surface area contributed by atoms with Gasteiger partial charge in [0.1, 0.15) is 6.33 Å². The van der Waals surface area contributed by atoms with Crippen LogP contribution in [0.2, 0.25) is 0 Å². The van der Waals surface area contributed by atoms with E-state index >= 15 is 0 Å². The SMILES string of the molecule is CC(=O)c1ncn(C2CC3(COC3)C2)n1. The number of Topliss-reactive ketones (excluding diaryl/α,β-unsaturated/α-hetero) is 1. The van der Waals surface area contributed by atoms with E-state index in [4.69, 9.17) is 4.74 Å². The molecular formula is C10H13N3O2. The molecule has 0 unspecified atom stereocenters. The van der Waals surface area contributed by atoms with Crippen LogP contribution in [-0.4, -0.2) is 33.8 Å². The topological polar surface area (TPSA) is 57.0 Å². The molecule has 1 aromatic rings. The van der Waals surface area contributed by atoms with Crippen molar-refractivity contribution in [3.63, 3.8) is 0 Å². The van der Waals surface area contributed by atoms with Crippen LogP contribution in [0.5, 0.6) is 0 Å². The summed E-state index contributed by atoms with van der Waals surface area (Å²) in [5.74, 6) is 0.246. The summed E-state index contributed by atoms with van der Waals surface area (Å²) < 4.78 is 7.03. The molecule has 1 aromatic heterocycles. The first kappa shape index (κ1) is 9.03. The molecule has 1 aliphatic heterocycles. The first-order valence-electron chi connectivity index (χ1n) is 5.18. The highest BCUT2D eigenvalue weighted by molar-refractivity contribution is 5.89. The Bertz CT molecular complexity index is 401. The summed E-state index contributed by atoms with van der Waals surface area (Å²) in [5.41, 5.74) is 0.424. The maximum absolute atomic E-state index is 11.0. The molecule has 1 saturated carbocycles. The highest BCUT2D eigenvalue weighted by Gasteiger charge is 2.50. The zero-order valence-electron chi connectivity index (χ0n) is 8.64. The normalized spacial score (nSPS) is 23.5. The van der Waals surface area contributed by atoms with E-state index in [0.717, 1.165) is 26.1 Å². The van der Waals surface area contributed by atoms with Crippen LogP contribution in [0.1, 0.15) is 36.4 Å². The van der Waals surface area contributed by atoms with E-state index in [2.05, 4.69) is 10.1 Å². The van der Waals surface area contributed by atoms with Gasteiger partial charge in [0.2, 0.25) is 5.82 Å². The van der Waals surface area contributed by atoms with Crippen molar-refractivity contribution >= 4 is 5.78 Å². The van der Waals surface area contributed by atoms with Crippen LogP contribution in [0.4, 0.5) is 0 Å². The molecule has 3 rings (SSSR count). The highest BCUT2D eigenvalue weighted by Crippen LogP contribution is 2.52. The summed E-state index contributed by atoms with van der Waals surface area (Å²) in [4.78, 5) is 15.0. The van der Waals surface area contributed by atoms with Crippen LogP contribution in [0, 0.1) is 5.41 Å². The van der Waals surface area contributed by atoms with Crippen LogP contribution < -0.4 is 0 Å². The number of nitrogens with zero attached hydrogens (tertiary/aromatic N) is 3. The molecule has 0 aromatic carbocycles. The molecule has 5 nitrogen and oxygen atoms in total. The van der Waals surface area contributed by atoms with Gasteiger partial charge in [0.15, 0.2) is 5.78 Å². The first-order chi connectivity index (χ1) is 7.19. The Kier molecular flexibility index (Phi) is 1.74. The summed E-state index contributed by atoms with van der Waals surface area (Å²) in [6, 6.07) is 0.412. The minimum absolute atomic E-state index is 0.0743. The molecule has 2 aliphatic rings. The third kappa shape index (κ3) is 1.30. The number of ether oxygens (including phenoxy) is 1. The monoisotopic (exact) mass is 207 g/mol. The highest BCUT2D eigenvalue weighted by atomic mass is 16.5. The van der Waals surface area contributed by atoms with Crippen LogP contribution >= 0.6 is 0 Å². The van der Waals surface area contributed by atoms with E-state index in [0.29, 0.717) is 17.3 Å². The summed E-state index contributed by atoms with van der Waals surface area (Å²) in [6.45, 7) is 3.26. The lowest BCUT2D eigenvalue weighted by Gasteiger charge is -2.52. The molecule has 0 atom stereocenters. The maximum Gasteiger partial charge on any atom is 0.216 e. The lowest BCUT2D eigenvalue weighted by Crippen LogP contribution is -2.52. The van der Waals surface area contributed by atoms with Gasteiger partial charge < -0.3 is 4.74 Å². The second-order valence-electron chi connectivity index (χ2n) is 4.66. The van der Waals surface area contributed by atoms with Gasteiger partial charge in [-0.3, -0.25) is 4.79 Å². The Morgan fingerprint density at radius 1 is 1.60 bits per heavy atom. The Labute approximate surface area is 87.4 Å². The summed E-state index contributed by atoms with van der Waals surface area (Å²) in [7, 11) is 0. The van der Waals surface area contributed by atoms with E-state index in [9.17, 15) is 4.79 Å². The predicted molar refractivity (Wildman–Crippen MR) is 51.5 cm³/mol. The number of carbonyl (C=O) groups excluding carboxylic acids is 1. The molecule has 0 amide bonds. The van der Waals surface area contributed by atoms with E-state index in [1.807, 2.05) is 4.68 Å². The lowest BCUT2D eigenvalue weighted by molar-refractivity contribution is -0.176. The standard InChI is InChI=1S/C10H13N3O2/c1-7(14)9-11-6-13(12-9)8-2-10(3-8)4-15-5-10/h6,8H,2-5H2,1H3. The average Bonchev–Trinajstić information content (AvgIpc) is 2.47. The van der Waals surface area contributed by atoms with Crippen molar-refractivity contribution < 1.29 is 9.53 Å². The second kappa shape index (κ2) is 2.88. The summed E-state index contributed by atoms with van der Waals surface area (Å²) in [6.07, 6.45) is 3.87. The molecule has 0 radical (unpaired) electrons. The van der Waals surface area contributed by atoms with E-state index in [-0.39, 0.29) is 5.78 Å². The zero-order valence-corrected chi connectivity index (χ0v) is 8.64. The fourth-order valence-corrected chi connectivity index (χ4v) is 2.37. The Morgan fingerprint density at radius 3 is 2.80 bits per heavy atom. The number of rotatable bonds is 2. The Hall–Kier alpha value is -1.23. The number of hydrogen-bond acceptors (Lipinski definition) is 4. The van der Waals surface area contributed by atoms with Crippen molar-refractivity contribution in [2.24, 2.45) is 5.41 Å². The molecule has 0 bridgehead atoms. The molecule has 80 valence electrons. The van der Waals surface area contributed by atoms with Crippen LogP contribution in [0.3, 0.4) is 0 Å². The van der Waals surface area contributed by atoms with Crippen molar-refractivity contribution in [3.8, 4) is 0 Å². The minimum atomic E-state index is -0.0743. The quantitative estimate of drug-likeness (QED) is 0.674. The molecule has 1 aliphatic carbocycles. The van der Waals surface area contributed by atoms with Gasteiger partial charge in [0.25, 0.3) is 0 Å². The van der Waals surface area contributed by atoms with Crippen LogP contribution in [0.25, 0.3) is 0 Å². The third-order valence-electron chi connectivity index (χ3n) is 3.35. The van der Waals surface area contributed by atoms with Crippen molar-refractivity contribution in [2.75, 3.05) is 13.2 Å². The van der Waals surface area contributed by atoms with Crippen molar-refractivity contribution in [1.29, 1.82) is 0 Å². The third-order valence-corrected chi connectivity index (χ3v) is 3.35. The Balaban J connectivity index is 1.70. The number of hydrogen-bond donors (Lipinski definition) is 0. The van der Waals surface area contributed by atoms with E-state index in [1.165, 1.54) is 6.92 Å². The fourth-order valence-electron chi connectivity index (χ4n) is 2.37. The van der Waals surface area contributed by atoms with Gasteiger partial charge in [0, 0.05) is 12.3 Å². The summed E-state index contributed by atoms with van der Waals surface area (Å²) >= 11 is 0. The first-order valence-corrected chi connectivity index (χ1v) is 5.18. The number of carbonyl (C=O) groups is 1. The minimum Gasteiger partial charge on any atom is -0.380 e. The van der Waals surface area contributed by atoms with Gasteiger partial charge in [-0.25, -0.2) is 9.67 Å². The lowest BCUT2D eigenvalue weighted by atomic mass is 9.64. The molecule has 2 fully saturated rings. The van der Waals surface area contributed by atoms with Gasteiger partial charge in [-0.05, 0) is 12.8 Å². The van der Waals surface area contributed by atoms with Crippen molar-refractivity contribution in [3.05, 3.63) is 12.2 Å². The van der Waals surface area contributed by atoms with Crippen molar-refractivity contribution in [1.82, 2.24) is 14.8 Å². The average molecular weight is 207 g/mol. The van der Waals surface area contributed by atoms with Crippen LogP contribution in [0.15, 0.2) is 6.33 Å². The molecule has 0 N–H and O–H groups in total. The molecule has 1 spiro atoms. The molecular weight excluding hydrogens is 194 g/mol. The van der Waals surface area contributed by atoms with Gasteiger partial charge >= 0.3 is 0 Å². The summed E-state index contributed by atoms with van der Waals surface area (Å²) in [5, 5.41) is 4.17. The van der Waals surface area contributed by atoms with E-state index in [1.54, 1.807) is 6.33 Å². The van der Waals surface area contributed by atoms with E-state index < -0.39 is 0 Å². The number of ketones is 1. The van der Waals surface area contributed by atoms with Gasteiger partial charge in [0.05, 0.1) is 19.3 Å².